The summed E-state index contributed by atoms with van der Waals surface area (Å²) in [5.41, 5.74) is 2.32. The van der Waals surface area contributed by atoms with Gasteiger partial charge in [0.05, 0.1) is 5.69 Å². The summed E-state index contributed by atoms with van der Waals surface area (Å²) in [6, 6.07) is 8.21. The van der Waals surface area contributed by atoms with Gasteiger partial charge in [0.1, 0.15) is 5.82 Å². The highest BCUT2D eigenvalue weighted by Crippen LogP contribution is 2.24. The van der Waals surface area contributed by atoms with Crippen molar-refractivity contribution >= 4 is 11.6 Å². The van der Waals surface area contributed by atoms with Gasteiger partial charge < -0.3 is 0 Å². The first kappa shape index (κ1) is 12.1. The first-order valence-electron chi connectivity index (χ1n) is 5.84. The minimum Gasteiger partial charge on any atom is -0.269 e. The number of aromatic nitrogens is 3. The van der Waals surface area contributed by atoms with Crippen molar-refractivity contribution in [1.29, 1.82) is 0 Å². The van der Waals surface area contributed by atoms with Gasteiger partial charge in [0.25, 0.3) is 0 Å². The second-order valence-corrected chi connectivity index (χ2v) is 4.64. The molecule has 1 heterocycles. The summed E-state index contributed by atoms with van der Waals surface area (Å²) in [4.78, 5) is 0. The number of para-hydroxylation sites is 1. The van der Waals surface area contributed by atoms with Gasteiger partial charge in [0, 0.05) is 5.92 Å². The highest BCUT2D eigenvalue weighted by molar-refractivity contribution is 6.28. The van der Waals surface area contributed by atoms with Gasteiger partial charge >= 0.3 is 0 Å². The van der Waals surface area contributed by atoms with Crippen molar-refractivity contribution in [2.75, 3.05) is 0 Å². The lowest BCUT2D eigenvalue weighted by Crippen LogP contribution is -2.05. The third kappa shape index (κ3) is 2.20. The van der Waals surface area contributed by atoms with Gasteiger partial charge in [-0.1, -0.05) is 39.0 Å². The maximum atomic E-state index is 6.14. The molecule has 0 amide bonds. The molecule has 0 N–H and O–H groups in total. The zero-order valence-corrected chi connectivity index (χ0v) is 11.1. The van der Waals surface area contributed by atoms with E-state index in [-0.39, 0.29) is 0 Å². The van der Waals surface area contributed by atoms with Crippen molar-refractivity contribution in [3.8, 4) is 5.69 Å². The molecule has 0 saturated heterocycles. The summed E-state index contributed by atoms with van der Waals surface area (Å²) in [5, 5.41) is 8.54. The lowest BCUT2D eigenvalue weighted by molar-refractivity contribution is 0.743. The van der Waals surface area contributed by atoms with Gasteiger partial charge in [0.15, 0.2) is 0 Å². The number of halogens is 1. The molecular weight excluding hydrogens is 234 g/mol. The average Bonchev–Trinajstić information content (AvgIpc) is 2.71. The number of hydrogen-bond acceptors (Lipinski definition) is 2. The molecule has 2 aromatic rings. The molecule has 90 valence electrons. The maximum Gasteiger partial charge on any atom is 0.229 e. The van der Waals surface area contributed by atoms with Gasteiger partial charge in [0.2, 0.25) is 5.28 Å². The summed E-state index contributed by atoms with van der Waals surface area (Å²) in [7, 11) is 0. The fourth-order valence-electron chi connectivity index (χ4n) is 1.90. The molecule has 0 aliphatic rings. The molecule has 0 fully saturated rings. The van der Waals surface area contributed by atoms with E-state index >= 15 is 0 Å². The van der Waals surface area contributed by atoms with Gasteiger partial charge in [-0.25, -0.2) is 0 Å². The van der Waals surface area contributed by atoms with Gasteiger partial charge in [-0.3, -0.25) is 4.57 Å². The van der Waals surface area contributed by atoms with Crippen LogP contribution in [-0.4, -0.2) is 14.8 Å². The van der Waals surface area contributed by atoms with E-state index in [1.54, 1.807) is 0 Å². The fraction of sp³-hybridized carbons (Fsp3) is 0.385. The van der Waals surface area contributed by atoms with Crippen molar-refractivity contribution in [2.45, 2.75) is 33.1 Å². The Bertz CT molecular complexity index is 517. The Morgan fingerprint density at radius 3 is 2.59 bits per heavy atom. The predicted octanol–water partition coefficient (Wildman–Crippen LogP) is 3.61. The van der Waals surface area contributed by atoms with Crippen molar-refractivity contribution in [3.63, 3.8) is 0 Å². The van der Waals surface area contributed by atoms with Crippen LogP contribution in [0, 0.1) is 0 Å². The Labute approximate surface area is 106 Å². The van der Waals surface area contributed by atoms with Crippen LogP contribution < -0.4 is 0 Å². The van der Waals surface area contributed by atoms with E-state index < -0.39 is 0 Å². The molecule has 3 nitrogen and oxygen atoms in total. The second kappa shape index (κ2) is 4.88. The predicted molar refractivity (Wildman–Crippen MR) is 69.8 cm³/mol. The van der Waals surface area contributed by atoms with Crippen LogP contribution in [-0.2, 0) is 6.42 Å². The first-order valence-corrected chi connectivity index (χ1v) is 6.22. The van der Waals surface area contributed by atoms with E-state index in [0.717, 1.165) is 17.9 Å². The molecule has 0 unspecified atom stereocenters. The van der Waals surface area contributed by atoms with E-state index in [1.807, 2.05) is 16.7 Å². The number of hydrogen-bond donors (Lipinski definition) is 0. The molecule has 1 aromatic heterocycles. The van der Waals surface area contributed by atoms with Crippen LogP contribution >= 0.6 is 11.6 Å². The molecule has 17 heavy (non-hydrogen) atoms. The van der Waals surface area contributed by atoms with Crippen molar-refractivity contribution in [2.24, 2.45) is 0 Å². The highest BCUT2D eigenvalue weighted by Gasteiger charge is 2.16. The smallest absolute Gasteiger partial charge is 0.229 e. The molecule has 0 bridgehead atoms. The summed E-state index contributed by atoms with van der Waals surface area (Å²) >= 11 is 6.14. The lowest BCUT2D eigenvalue weighted by atomic mass is 10.1. The van der Waals surface area contributed by atoms with E-state index in [0.29, 0.717) is 11.2 Å². The van der Waals surface area contributed by atoms with E-state index in [9.17, 15) is 0 Å². The van der Waals surface area contributed by atoms with E-state index in [2.05, 4.69) is 43.1 Å². The topological polar surface area (TPSA) is 30.7 Å². The molecule has 0 spiro atoms. The molecule has 0 saturated carbocycles. The first-order chi connectivity index (χ1) is 8.15. The van der Waals surface area contributed by atoms with Crippen molar-refractivity contribution in [3.05, 3.63) is 40.9 Å². The molecule has 0 radical (unpaired) electrons. The van der Waals surface area contributed by atoms with E-state index in [4.69, 9.17) is 11.6 Å². The number of nitrogens with zero attached hydrogens (tertiary/aromatic N) is 3. The Morgan fingerprint density at radius 2 is 1.94 bits per heavy atom. The minimum absolute atomic E-state index is 0.292. The standard InChI is InChI=1S/C13H16ClN3/c1-4-10-7-5-6-8-11(10)17-12(9(2)3)15-16-13(17)14/h5-9H,4H2,1-3H3. The summed E-state index contributed by atoms with van der Waals surface area (Å²) < 4.78 is 1.94. The molecule has 4 heteroatoms. The van der Waals surface area contributed by atoms with Crippen LogP contribution in [0.4, 0.5) is 0 Å². The monoisotopic (exact) mass is 249 g/mol. The van der Waals surface area contributed by atoms with Crippen LogP contribution in [0.25, 0.3) is 5.69 Å². The lowest BCUT2D eigenvalue weighted by Gasteiger charge is -2.13. The molecular formula is C13H16ClN3. The summed E-state index contributed by atoms with van der Waals surface area (Å²) in [5.74, 6) is 1.19. The zero-order valence-electron chi connectivity index (χ0n) is 10.3. The molecule has 0 aliphatic heterocycles. The summed E-state index contributed by atoms with van der Waals surface area (Å²) in [6.45, 7) is 6.31. The zero-order chi connectivity index (χ0) is 12.4. The highest BCUT2D eigenvalue weighted by atomic mass is 35.5. The SMILES string of the molecule is CCc1ccccc1-n1c(Cl)nnc1C(C)C. The van der Waals surface area contributed by atoms with Crippen LogP contribution in [0.15, 0.2) is 24.3 Å². The van der Waals surface area contributed by atoms with Gasteiger partial charge in [-0.2, -0.15) is 0 Å². The van der Waals surface area contributed by atoms with Crippen molar-refractivity contribution in [1.82, 2.24) is 14.8 Å². The summed E-state index contributed by atoms with van der Waals surface area (Å²) in [6.07, 6.45) is 0.961. The minimum atomic E-state index is 0.292. The second-order valence-electron chi connectivity index (χ2n) is 4.30. The number of aryl methyl sites for hydroxylation is 1. The number of benzene rings is 1. The van der Waals surface area contributed by atoms with Crippen LogP contribution in [0.2, 0.25) is 5.28 Å². The Balaban J connectivity index is 2.63. The van der Waals surface area contributed by atoms with E-state index in [1.165, 1.54) is 5.56 Å². The Kier molecular flexibility index (Phi) is 3.48. The van der Waals surface area contributed by atoms with Gasteiger partial charge in [-0.05, 0) is 29.7 Å². The average molecular weight is 250 g/mol. The fourth-order valence-corrected chi connectivity index (χ4v) is 2.12. The quantitative estimate of drug-likeness (QED) is 0.832. The molecule has 0 aliphatic carbocycles. The Hall–Kier alpha value is -1.35. The normalized spacial score (nSPS) is 11.1. The van der Waals surface area contributed by atoms with Crippen molar-refractivity contribution < 1.29 is 0 Å². The molecule has 0 atom stereocenters. The number of rotatable bonds is 3. The Morgan fingerprint density at radius 1 is 1.24 bits per heavy atom. The molecule has 1 aromatic carbocycles. The maximum absolute atomic E-state index is 6.14. The van der Waals surface area contributed by atoms with Crippen LogP contribution in [0.1, 0.15) is 38.1 Å². The third-order valence-corrected chi connectivity index (χ3v) is 3.02. The third-order valence-electron chi connectivity index (χ3n) is 2.78. The van der Waals surface area contributed by atoms with Gasteiger partial charge in [-0.15, -0.1) is 10.2 Å². The molecule has 2 rings (SSSR count). The largest absolute Gasteiger partial charge is 0.269 e. The van der Waals surface area contributed by atoms with Crippen LogP contribution in [0.5, 0.6) is 0 Å². The van der Waals surface area contributed by atoms with Crippen LogP contribution in [0.3, 0.4) is 0 Å².